The van der Waals surface area contributed by atoms with Crippen LogP contribution >= 0.6 is 11.3 Å². The summed E-state index contributed by atoms with van der Waals surface area (Å²) in [5.41, 5.74) is 1.93. The fraction of sp³-hybridized carbons (Fsp3) is 0.105. The van der Waals surface area contributed by atoms with Crippen LogP contribution in [0.3, 0.4) is 0 Å². The van der Waals surface area contributed by atoms with Crippen molar-refractivity contribution in [1.82, 2.24) is 4.98 Å². The average molecular weight is 404 g/mol. The summed E-state index contributed by atoms with van der Waals surface area (Å²) in [4.78, 5) is 15.5. The Bertz CT molecular complexity index is 1100. The number of carboxylic acid groups (broad SMARTS) is 1. The van der Waals surface area contributed by atoms with E-state index in [9.17, 15) is 23.2 Å². The second kappa shape index (κ2) is 7.32. The standard InChI is InChI=1S/C19H11F3N2O3S/c1-10-16(18(25)26)28-17(24-10)12-5-6-15(13(7-12)9-23)11-3-2-4-14(8-11)27-19(20,21)22/h2-8H,1H3,(H,25,26). The molecule has 0 radical (unpaired) electrons. The first-order chi connectivity index (χ1) is 13.2. The zero-order valence-electron chi connectivity index (χ0n) is 14.2. The molecule has 142 valence electrons. The summed E-state index contributed by atoms with van der Waals surface area (Å²) in [6, 6.07) is 12.1. The summed E-state index contributed by atoms with van der Waals surface area (Å²) < 4.78 is 41.2. The Morgan fingerprint density at radius 2 is 1.96 bits per heavy atom. The minimum atomic E-state index is -4.81. The van der Waals surface area contributed by atoms with Crippen LogP contribution in [-0.4, -0.2) is 22.4 Å². The number of hydrogen-bond acceptors (Lipinski definition) is 5. The number of halogens is 3. The molecule has 0 unspecified atom stereocenters. The van der Waals surface area contributed by atoms with Gasteiger partial charge in [0.25, 0.3) is 0 Å². The highest BCUT2D eigenvalue weighted by molar-refractivity contribution is 7.17. The number of hydrogen-bond donors (Lipinski definition) is 1. The molecule has 0 aliphatic rings. The molecule has 0 saturated carbocycles. The van der Waals surface area contributed by atoms with Crippen LogP contribution in [-0.2, 0) is 0 Å². The summed E-state index contributed by atoms with van der Waals surface area (Å²) in [5.74, 6) is -1.47. The highest BCUT2D eigenvalue weighted by Crippen LogP contribution is 2.34. The van der Waals surface area contributed by atoms with Crippen LogP contribution in [0.5, 0.6) is 5.75 Å². The molecule has 1 N–H and O–H groups in total. The molecule has 9 heteroatoms. The maximum atomic E-state index is 12.4. The smallest absolute Gasteiger partial charge is 0.477 e. The summed E-state index contributed by atoms with van der Waals surface area (Å²) in [5, 5.41) is 19.1. The summed E-state index contributed by atoms with van der Waals surface area (Å²) in [7, 11) is 0. The molecule has 3 rings (SSSR count). The molecule has 5 nitrogen and oxygen atoms in total. The molecular weight excluding hydrogens is 393 g/mol. The number of thiazole rings is 1. The number of rotatable bonds is 4. The van der Waals surface area contributed by atoms with Gasteiger partial charge in [-0.25, -0.2) is 9.78 Å². The van der Waals surface area contributed by atoms with E-state index in [1.807, 2.05) is 6.07 Å². The van der Waals surface area contributed by atoms with Gasteiger partial charge in [-0.1, -0.05) is 24.3 Å². The van der Waals surface area contributed by atoms with Crippen molar-refractivity contribution >= 4 is 17.3 Å². The molecule has 0 saturated heterocycles. The topological polar surface area (TPSA) is 83.2 Å². The molecule has 0 fully saturated rings. The number of alkyl halides is 3. The molecular formula is C19H11F3N2O3S. The Morgan fingerprint density at radius 1 is 1.21 bits per heavy atom. The molecule has 2 aromatic carbocycles. The van der Waals surface area contributed by atoms with Crippen LogP contribution in [0.15, 0.2) is 42.5 Å². The van der Waals surface area contributed by atoms with Crippen LogP contribution in [0, 0.1) is 18.3 Å². The summed E-state index contributed by atoms with van der Waals surface area (Å²) in [6.07, 6.45) is -4.81. The Balaban J connectivity index is 2.01. The van der Waals surface area contributed by atoms with Crippen molar-refractivity contribution in [2.24, 2.45) is 0 Å². The Hall–Kier alpha value is -3.38. The molecule has 28 heavy (non-hydrogen) atoms. The maximum absolute atomic E-state index is 12.4. The quantitative estimate of drug-likeness (QED) is 0.642. The van der Waals surface area contributed by atoms with Crippen molar-refractivity contribution < 1.29 is 27.8 Å². The predicted octanol–water partition coefficient (Wildman–Crippen LogP) is 5.25. The van der Waals surface area contributed by atoms with Gasteiger partial charge in [-0.05, 0) is 36.2 Å². The van der Waals surface area contributed by atoms with E-state index in [0.29, 0.717) is 27.4 Å². The highest BCUT2D eigenvalue weighted by Gasteiger charge is 2.31. The van der Waals surface area contributed by atoms with E-state index in [1.54, 1.807) is 25.1 Å². The predicted molar refractivity (Wildman–Crippen MR) is 96.1 cm³/mol. The lowest BCUT2D eigenvalue weighted by Crippen LogP contribution is -2.17. The van der Waals surface area contributed by atoms with E-state index in [2.05, 4.69) is 9.72 Å². The molecule has 1 aromatic heterocycles. The minimum absolute atomic E-state index is 0.106. The molecule has 0 aliphatic heterocycles. The molecule has 0 atom stereocenters. The zero-order valence-corrected chi connectivity index (χ0v) is 15.1. The number of carboxylic acids is 1. The molecule has 0 spiro atoms. The van der Waals surface area contributed by atoms with E-state index in [-0.39, 0.29) is 16.2 Å². The van der Waals surface area contributed by atoms with Crippen molar-refractivity contribution in [2.75, 3.05) is 0 Å². The van der Waals surface area contributed by atoms with Gasteiger partial charge in [0.05, 0.1) is 17.3 Å². The first-order valence-corrected chi connectivity index (χ1v) is 8.61. The van der Waals surface area contributed by atoms with Gasteiger partial charge in [-0.3, -0.25) is 0 Å². The van der Waals surface area contributed by atoms with E-state index < -0.39 is 12.3 Å². The summed E-state index contributed by atoms with van der Waals surface area (Å²) >= 11 is 0.985. The van der Waals surface area contributed by atoms with Gasteiger partial charge in [0.1, 0.15) is 15.6 Å². The number of benzene rings is 2. The molecule has 0 amide bonds. The van der Waals surface area contributed by atoms with Crippen LogP contribution < -0.4 is 4.74 Å². The fourth-order valence-corrected chi connectivity index (χ4v) is 3.50. The van der Waals surface area contributed by atoms with Crippen molar-refractivity contribution in [3.63, 3.8) is 0 Å². The Morgan fingerprint density at radius 3 is 2.57 bits per heavy atom. The minimum Gasteiger partial charge on any atom is -0.477 e. The third-order valence-electron chi connectivity index (χ3n) is 3.76. The average Bonchev–Trinajstić information content (AvgIpc) is 3.02. The lowest BCUT2D eigenvalue weighted by Gasteiger charge is -2.11. The van der Waals surface area contributed by atoms with E-state index in [1.165, 1.54) is 24.3 Å². The number of aryl methyl sites for hydroxylation is 1. The van der Waals surface area contributed by atoms with Crippen LogP contribution in [0.25, 0.3) is 21.7 Å². The number of aromatic carboxylic acids is 1. The Labute approximate surface area is 161 Å². The number of nitrogens with zero attached hydrogens (tertiary/aromatic N) is 2. The monoisotopic (exact) mass is 404 g/mol. The second-order valence-electron chi connectivity index (χ2n) is 5.69. The third-order valence-corrected chi connectivity index (χ3v) is 4.95. The first-order valence-electron chi connectivity index (χ1n) is 7.79. The molecule has 0 bridgehead atoms. The normalized spacial score (nSPS) is 11.1. The van der Waals surface area contributed by atoms with Crippen molar-refractivity contribution in [2.45, 2.75) is 13.3 Å². The first kappa shape index (κ1) is 19.4. The van der Waals surface area contributed by atoms with Gasteiger partial charge in [0, 0.05) is 5.56 Å². The molecule has 1 heterocycles. The van der Waals surface area contributed by atoms with Crippen LogP contribution in [0.2, 0.25) is 0 Å². The van der Waals surface area contributed by atoms with Crippen LogP contribution in [0.4, 0.5) is 13.2 Å². The van der Waals surface area contributed by atoms with Gasteiger partial charge < -0.3 is 9.84 Å². The van der Waals surface area contributed by atoms with E-state index in [4.69, 9.17) is 5.11 Å². The molecule has 3 aromatic rings. The number of nitriles is 1. The maximum Gasteiger partial charge on any atom is 0.573 e. The van der Waals surface area contributed by atoms with E-state index >= 15 is 0 Å². The van der Waals surface area contributed by atoms with Gasteiger partial charge in [0.2, 0.25) is 0 Å². The second-order valence-corrected chi connectivity index (χ2v) is 6.69. The third kappa shape index (κ3) is 4.13. The largest absolute Gasteiger partial charge is 0.573 e. The lowest BCUT2D eigenvalue weighted by atomic mass is 9.98. The lowest BCUT2D eigenvalue weighted by molar-refractivity contribution is -0.274. The number of aromatic nitrogens is 1. The van der Waals surface area contributed by atoms with E-state index in [0.717, 1.165) is 11.3 Å². The van der Waals surface area contributed by atoms with Gasteiger partial charge in [-0.15, -0.1) is 24.5 Å². The van der Waals surface area contributed by atoms with Gasteiger partial charge >= 0.3 is 12.3 Å². The fourth-order valence-electron chi connectivity index (χ4n) is 2.60. The van der Waals surface area contributed by atoms with Crippen molar-refractivity contribution in [3.05, 3.63) is 58.6 Å². The molecule has 0 aliphatic carbocycles. The van der Waals surface area contributed by atoms with Gasteiger partial charge in [0.15, 0.2) is 0 Å². The van der Waals surface area contributed by atoms with Crippen LogP contribution in [0.1, 0.15) is 20.9 Å². The summed E-state index contributed by atoms with van der Waals surface area (Å²) in [6.45, 7) is 1.58. The number of ether oxygens (including phenoxy) is 1. The van der Waals surface area contributed by atoms with Crippen molar-refractivity contribution in [1.29, 1.82) is 5.26 Å². The van der Waals surface area contributed by atoms with Crippen molar-refractivity contribution in [3.8, 4) is 33.5 Å². The SMILES string of the molecule is Cc1nc(-c2ccc(-c3cccc(OC(F)(F)F)c3)c(C#N)c2)sc1C(=O)O. The number of carbonyl (C=O) groups is 1. The highest BCUT2D eigenvalue weighted by atomic mass is 32.1. The van der Waals surface area contributed by atoms with Gasteiger partial charge in [-0.2, -0.15) is 5.26 Å². The Kier molecular flexibility index (Phi) is 5.07. The zero-order chi connectivity index (χ0) is 20.5.